The molecule has 0 aliphatic carbocycles. The molecule has 1 N–H and O–H groups in total. The Labute approximate surface area is 175 Å². The fourth-order valence-electron chi connectivity index (χ4n) is 3.67. The minimum Gasteiger partial charge on any atom is -0.482 e. The molecule has 2 aliphatic heterocycles. The van der Waals surface area contributed by atoms with E-state index in [-0.39, 0.29) is 18.4 Å². The number of hydrogen-bond acceptors (Lipinski definition) is 6. The molecule has 2 aliphatic rings. The topological polar surface area (TPSA) is 84.0 Å². The van der Waals surface area contributed by atoms with Crippen LogP contribution in [0.4, 0.5) is 5.69 Å². The van der Waals surface area contributed by atoms with Gasteiger partial charge in [0.05, 0.1) is 18.9 Å². The van der Waals surface area contributed by atoms with Gasteiger partial charge in [-0.1, -0.05) is 0 Å². The summed E-state index contributed by atoms with van der Waals surface area (Å²) in [6.07, 6.45) is 4.34. The number of fused-ring (bicyclic) bond motifs is 1. The summed E-state index contributed by atoms with van der Waals surface area (Å²) in [6.45, 7) is 5.47. The summed E-state index contributed by atoms with van der Waals surface area (Å²) in [5.41, 5.74) is 2.09. The molecular formula is C22H26N4O4. The number of ether oxygens (including phenoxy) is 2. The summed E-state index contributed by atoms with van der Waals surface area (Å²) < 4.78 is 10.8. The van der Waals surface area contributed by atoms with Crippen LogP contribution < -0.4 is 10.1 Å². The van der Waals surface area contributed by atoms with Crippen molar-refractivity contribution in [3.63, 3.8) is 0 Å². The Kier molecular flexibility index (Phi) is 6.56. The molecule has 1 aromatic heterocycles. The van der Waals surface area contributed by atoms with Crippen LogP contribution in [0.2, 0.25) is 0 Å². The van der Waals surface area contributed by atoms with Crippen molar-refractivity contribution in [3.05, 3.63) is 53.9 Å². The molecule has 0 radical (unpaired) electrons. The standard InChI is InChI=1S/C22H26N4O4/c27-21-16-30-20-3-2-18(14-19(20)24-21)22(28)26(15-17-4-6-23-7-5-17)9-1-8-25-10-12-29-13-11-25/h2-7,14H,1,8-13,15-16H2,(H,24,27). The monoisotopic (exact) mass is 410 g/mol. The Morgan fingerprint density at radius 3 is 2.77 bits per heavy atom. The van der Waals surface area contributed by atoms with Crippen LogP contribution in [-0.4, -0.2) is 72.6 Å². The predicted molar refractivity (Wildman–Crippen MR) is 111 cm³/mol. The van der Waals surface area contributed by atoms with E-state index in [1.54, 1.807) is 30.6 Å². The molecule has 1 saturated heterocycles. The lowest BCUT2D eigenvalue weighted by molar-refractivity contribution is -0.118. The molecule has 3 heterocycles. The van der Waals surface area contributed by atoms with E-state index in [1.807, 2.05) is 17.0 Å². The van der Waals surface area contributed by atoms with E-state index in [2.05, 4.69) is 15.2 Å². The highest BCUT2D eigenvalue weighted by molar-refractivity contribution is 5.99. The summed E-state index contributed by atoms with van der Waals surface area (Å²) >= 11 is 0. The Hall–Kier alpha value is -2.97. The van der Waals surface area contributed by atoms with Crippen LogP contribution in [-0.2, 0) is 16.1 Å². The maximum absolute atomic E-state index is 13.3. The highest BCUT2D eigenvalue weighted by Gasteiger charge is 2.21. The first kappa shape index (κ1) is 20.3. The summed E-state index contributed by atoms with van der Waals surface area (Å²) in [6, 6.07) is 9.02. The fourth-order valence-corrected chi connectivity index (χ4v) is 3.67. The molecule has 0 bridgehead atoms. The predicted octanol–water partition coefficient (Wildman–Crippen LogP) is 1.78. The van der Waals surface area contributed by atoms with E-state index in [9.17, 15) is 9.59 Å². The number of carbonyl (C=O) groups is 2. The molecule has 0 saturated carbocycles. The van der Waals surface area contributed by atoms with Crippen LogP contribution in [0.5, 0.6) is 5.75 Å². The highest BCUT2D eigenvalue weighted by atomic mass is 16.5. The molecule has 8 nitrogen and oxygen atoms in total. The number of hydrogen-bond donors (Lipinski definition) is 1. The van der Waals surface area contributed by atoms with Gasteiger partial charge < -0.3 is 19.7 Å². The lowest BCUT2D eigenvalue weighted by Gasteiger charge is -2.28. The number of carbonyl (C=O) groups excluding carboxylic acids is 2. The first-order valence-corrected chi connectivity index (χ1v) is 10.2. The van der Waals surface area contributed by atoms with Gasteiger partial charge >= 0.3 is 0 Å². The minimum absolute atomic E-state index is 0.00397. The highest BCUT2D eigenvalue weighted by Crippen LogP contribution is 2.29. The maximum Gasteiger partial charge on any atom is 0.262 e. The first-order valence-electron chi connectivity index (χ1n) is 10.2. The van der Waals surface area contributed by atoms with Crippen LogP contribution in [0, 0.1) is 0 Å². The van der Waals surface area contributed by atoms with Crippen molar-refractivity contribution >= 4 is 17.5 Å². The van der Waals surface area contributed by atoms with Crippen LogP contribution >= 0.6 is 0 Å². The third kappa shape index (κ3) is 5.14. The minimum atomic E-state index is -0.216. The van der Waals surface area contributed by atoms with Gasteiger partial charge in [0.2, 0.25) is 0 Å². The van der Waals surface area contributed by atoms with E-state index < -0.39 is 0 Å². The quantitative estimate of drug-likeness (QED) is 0.749. The maximum atomic E-state index is 13.3. The van der Waals surface area contributed by atoms with Crippen molar-refractivity contribution in [2.75, 3.05) is 51.3 Å². The van der Waals surface area contributed by atoms with Gasteiger partial charge in [-0.3, -0.25) is 19.5 Å². The largest absolute Gasteiger partial charge is 0.482 e. The lowest BCUT2D eigenvalue weighted by atomic mass is 10.1. The van der Waals surface area contributed by atoms with Crippen molar-refractivity contribution in [1.29, 1.82) is 0 Å². The number of benzene rings is 1. The van der Waals surface area contributed by atoms with Crippen LogP contribution in [0.25, 0.3) is 0 Å². The smallest absolute Gasteiger partial charge is 0.262 e. The van der Waals surface area contributed by atoms with E-state index in [0.717, 1.165) is 44.8 Å². The summed E-state index contributed by atoms with van der Waals surface area (Å²) in [7, 11) is 0. The second-order valence-electron chi connectivity index (χ2n) is 7.44. The summed E-state index contributed by atoms with van der Waals surface area (Å²) in [4.78, 5) is 33.2. The molecule has 0 unspecified atom stereocenters. The number of morpholine rings is 1. The van der Waals surface area contributed by atoms with Gasteiger partial charge in [-0.2, -0.15) is 0 Å². The second-order valence-corrected chi connectivity index (χ2v) is 7.44. The number of anilines is 1. The molecule has 1 fully saturated rings. The number of aromatic nitrogens is 1. The van der Waals surface area contributed by atoms with Crippen LogP contribution in [0.3, 0.4) is 0 Å². The number of nitrogens with zero attached hydrogens (tertiary/aromatic N) is 3. The Balaban J connectivity index is 1.46. The fraction of sp³-hybridized carbons (Fsp3) is 0.409. The number of nitrogens with one attached hydrogen (secondary N) is 1. The zero-order chi connectivity index (χ0) is 20.8. The van der Waals surface area contributed by atoms with Gasteiger partial charge in [0.15, 0.2) is 6.61 Å². The summed E-state index contributed by atoms with van der Waals surface area (Å²) in [5, 5.41) is 2.77. The Morgan fingerprint density at radius 1 is 1.17 bits per heavy atom. The lowest BCUT2D eigenvalue weighted by Crippen LogP contribution is -2.39. The second kappa shape index (κ2) is 9.69. The molecule has 2 amide bonds. The molecule has 2 aromatic rings. The molecule has 1 aromatic carbocycles. The zero-order valence-electron chi connectivity index (χ0n) is 16.9. The SMILES string of the molecule is O=C1COc2ccc(C(=O)N(CCCN3CCOCC3)Cc3ccncc3)cc2N1. The number of rotatable bonds is 7. The van der Waals surface area contributed by atoms with Crippen molar-refractivity contribution in [1.82, 2.24) is 14.8 Å². The van der Waals surface area contributed by atoms with Crippen LogP contribution in [0.1, 0.15) is 22.3 Å². The molecule has 0 atom stereocenters. The zero-order valence-corrected chi connectivity index (χ0v) is 16.9. The molecule has 158 valence electrons. The van der Waals surface area contributed by atoms with E-state index in [4.69, 9.17) is 9.47 Å². The van der Waals surface area contributed by atoms with Gasteiger partial charge in [-0.25, -0.2) is 0 Å². The molecular weight excluding hydrogens is 384 g/mol. The Bertz CT molecular complexity index is 884. The average molecular weight is 410 g/mol. The van der Waals surface area contributed by atoms with E-state index >= 15 is 0 Å². The van der Waals surface area contributed by atoms with Gasteiger partial charge in [-0.05, 0) is 42.3 Å². The molecule has 8 heteroatoms. The van der Waals surface area contributed by atoms with Crippen LogP contribution in [0.15, 0.2) is 42.7 Å². The van der Waals surface area contributed by atoms with Crippen molar-refractivity contribution in [2.45, 2.75) is 13.0 Å². The van der Waals surface area contributed by atoms with E-state index in [0.29, 0.717) is 30.1 Å². The van der Waals surface area contributed by atoms with Crippen molar-refractivity contribution in [2.24, 2.45) is 0 Å². The van der Waals surface area contributed by atoms with Gasteiger partial charge in [-0.15, -0.1) is 0 Å². The third-order valence-electron chi connectivity index (χ3n) is 5.28. The summed E-state index contributed by atoms with van der Waals surface area (Å²) in [5.74, 6) is 0.293. The van der Waals surface area contributed by atoms with Gasteiger partial charge in [0, 0.05) is 50.7 Å². The first-order chi connectivity index (χ1) is 14.7. The number of amides is 2. The number of pyridine rings is 1. The van der Waals surface area contributed by atoms with Crippen molar-refractivity contribution in [3.8, 4) is 5.75 Å². The average Bonchev–Trinajstić information content (AvgIpc) is 2.79. The molecule has 30 heavy (non-hydrogen) atoms. The molecule has 0 spiro atoms. The Morgan fingerprint density at radius 2 is 1.97 bits per heavy atom. The van der Waals surface area contributed by atoms with Gasteiger partial charge in [0.25, 0.3) is 11.8 Å². The normalized spacial score (nSPS) is 16.3. The van der Waals surface area contributed by atoms with Gasteiger partial charge in [0.1, 0.15) is 5.75 Å². The van der Waals surface area contributed by atoms with Crippen molar-refractivity contribution < 1.29 is 19.1 Å². The molecule has 4 rings (SSSR count). The van der Waals surface area contributed by atoms with E-state index in [1.165, 1.54) is 0 Å². The third-order valence-corrected chi connectivity index (χ3v) is 5.28.